The average Bonchev–Trinajstić information content (AvgIpc) is 3.17. The van der Waals surface area contributed by atoms with Crippen molar-refractivity contribution in [2.45, 2.75) is 32.7 Å². The number of hydrogen-bond donors (Lipinski definition) is 1. The molecule has 0 bridgehead atoms. The van der Waals surface area contributed by atoms with Crippen molar-refractivity contribution in [3.63, 3.8) is 0 Å². The van der Waals surface area contributed by atoms with Crippen LogP contribution >= 0.6 is 0 Å². The van der Waals surface area contributed by atoms with E-state index in [4.69, 9.17) is 23.7 Å². The molecule has 0 radical (unpaired) electrons. The number of Topliss-reactive ketones (excluding diaryl/α,β-unsaturated/α-hetero) is 1. The first kappa shape index (κ1) is 27.3. The molecule has 1 N–H and O–H groups in total. The number of rotatable bonds is 11. The van der Waals surface area contributed by atoms with E-state index in [2.05, 4.69) is 13.8 Å². The number of carbonyl (C=O) groups is 2. The molecule has 1 fully saturated rings. The van der Waals surface area contributed by atoms with Gasteiger partial charge in [-0.3, -0.25) is 9.59 Å². The number of carbonyl (C=O) groups excluding carboxylic acids is 2. The number of ether oxygens (including phenoxy) is 5. The van der Waals surface area contributed by atoms with Gasteiger partial charge in [-0.1, -0.05) is 19.9 Å². The molecule has 2 aromatic rings. The van der Waals surface area contributed by atoms with Crippen LogP contribution in [0.2, 0.25) is 0 Å². The fraction of sp³-hybridized carbons (Fsp3) is 0.448. The number of aliphatic hydroxyl groups is 1. The molecule has 1 amide bonds. The van der Waals surface area contributed by atoms with Crippen LogP contribution in [0, 0.1) is 5.92 Å². The van der Waals surface area contributed by atoms with E-state index in [0.29, 0.717) is 72.9 Å². The van der Waals surface area contributed by atoms with Gasteiger partial charge < -0.3 is 33.7 Å². The monoisotopic (exact) mass is 525 g/mol. The van der Waals surface area contributed by atoms with Crippen LogP contribution in [-0.4, -0.2) is 68.9 Å². The van der Waals surface area contributed by atoms with Crippen molar-refractivity contribution in [2.75, 3.05) is 47.2 Å². The van der Waals surface area contributed by atoms with Gasteiger partial charge in [-0.2, -0.15) is 0 Å². The van der Waals surface area contributed by atoms with E-state index in [9.17, 15) is 14.7 Å². The first-order chi connectivity index (χ1) is 18.3. The predicted octanol–water partition coefficient (Wildman–Crippen LogP) is 4.35. The number of likely N-dealkylation sites (tertiary alicyclic amines) is 1. The summed E-state index contributed by atoms with van der Waals surface area (Å²) >= 11 is 0. The van der Waals surface area contributed by atoms with E-state index in [-0.39, 0.29) is 17.9 Å². The van der Waals surface area contributed by atoms with Gasteiger partial charge in [0, 0.05) is 25.8 Å². The average molecular weight is 526 g/mol. The minimum absolute atomic E-state index is 0.000348. The molecule has 0 aromatic heterocycles. The van der Waals surface area contributed by atoms with E-state index in [1.165, 1.54) is 4.90 Å². The molecule has 204 valence electrons. The van der Waals surface area contributed by atoms with E-state index < -0.39 is 17.7 Å². The summed E-state index contributed by atoms with van der Waals surface area (Å²) in [7, 11) is 3.12. The van der Waals surface area contributed by atoms with Gasteiger partial charge in [-0.05, 0) is 54.7 Å². The van der Waals surface area contributed by atoms with E-state index in [1.54, 1.807) is 50.6 Å². The second-order valence-electron chi connectivity index (χ2n) is 9.64. The maximum atomic E-state index is 13.3. The summed E-state index contributed by atoms with van der Waals surface area (Å²) < 4.78 is 27.9. The summed E-state index contributed by atoms with van der Waals surface area (Å²) in [4.78, 5) is 28.0. The maximum Gasteiger partial charge on any atom is 0.295 e. The Bertz CT molecular complexity index is 1210. The Morgan fingerprint density at radius 2 is 1.79 bits per heavy atom. The molecule has 0 spiro atoms. The molecule has 2 heterocycles. The van der Waals surface area contributed by atoms with Crippen molar-refractivity contribution < 1.29 is 38.4 Å². The van der Waals surface area contributed by atoms with Gasteiger partial charge in [0.15, 0.2) is 23.0 Å². The van der Waals surface area contributed by atoms with Gasteiger partial charge >= 0.3 is 0 Å². The fourth-order valence-electron chi connectivity index (χ4n) is 4.56. The molecule has 1 atom stereocenters. The Hall–Kier alpha value is -3.72. The van der Waals surface area contributed by atoms with Gasteiger partial charge in [-0.15, -0.1) is 0 Å². The van der Waals surface area contributed by atoms with Gasteiger partial charge in [0.2, 0.25) is 0 Å². The van der Waals surface area contributed by atoms with Crippen LogP contribution in [0.15, 0.2) is 42.0 Å². The lowest BCUT2D eigenvalue weighted by Crippen LogP contribution is -2.31. The van der Waals surface area contributed by atoms with Gasteiger partial charge in [0.25, 0.3) is 11.7 Å². The molecule has 9 nitrogen and oxygen atoms in total. The van der Waals surface area contributed by atoms with Crippen molar-refractivity contribution in [3.8, 4) is 23.0 Å². The highest BCUT2D eigenvalue weighted by Crippen LogP contribution is 2.43. The van der Waals surface area contributed by atoms with Crippen molar-refractivity contribution in [2.24, 2.45) is 5.92 Å². The number of hydrogen-bond acceptors (Lipinski definition) is 8. The molecular formula is C29H35NO8. The Morgan fingerprint density at radius 3 is 2.50 bits per heavy atom. The lowest BCUT2D eigenvalue weighted by Gasteiger charge is -2.26. The smallest absolute Gasteiger partial charge is 0.295 e. The van der Waals surface area contributed by atoms with Crippen LogP contribution in [0.3, 0.4) is 0 Å². The van der Waals surface area contributed by atoms with Crippen LogP contribution < -0.4 is 18.9 Å². The SMILES string of the molecule is COCCCN1C(=O)C(=O)/C(=C(/O)c2ccc3c(c2)OCCO3)C1c1ccc(OCCC(C)C)c(OC)c1. The lowest BCUT2D eigenvalue weighted by molar-refractivity contribution is -0.140. The summed E-state index contributed by atoms with van der Waals surface area (Å²) in [5, 5.41) is 11.4. The quantitative estimate of drug-likeness (QED) is 0.200. The zero-order valence-corrected chi connectivity index (χ0v) is 22.3. The van der Waals surface area contributed by atoms with Crippen LogP contribution in [0.1, 0.15) is 43.9 Å². The molecular weight excluding hydrogens is 490 g/mol. The molecule has 0 aliphatic carbocycles. The number of nitrogens with zero attached hydrogens (tertiary/aromatic N) is 1. The third-order valence-electron chi connectivity index (χ3n) is 6.56. The Kier molecular flexibility index (Phi) is 8.78. The summed E-state index contributed by atoms with van der Waals surface area (Å²) in [6.45, 7) is 6.29. The summed E-state index contributed by atoms with van der Waals surface area (Å²) in [5.41, 5.74) is 0.975. The van der Waals surface area contributed by atoms with Crippen LogP contribution in [-0.2, 0) is 14.3 Å². The van der Waals surface area contributed by atoms with Crippen molar-refractivity contribution >= 4 is 17.4 Å². The summed E-state index contributed by atoms with van der Waals surface area (Å²) in [6, 6.07) is 9.44. The highest BCUT2D eigenvalue weighted by atomic mass is 16.6. The normalized spacial score (nSPS) is 18.2. The zero-order chi connectivity index (χ0) is 27.2. The Labute approximate surface area is 222 Å². The fourth-order valence-corrected chi connectivity index (χ4v) is 4.56. The molecule has 4 rings (SSSR count). The first-order valence-electron chi connectivity index (χ1n) is 12.8. The van der Waals surface area contributed by atoms with Gasteiger partial charge in [0.1, 0.15) is 19.0 Å². The zero-order valence-electron chi connectivity index (χ0n) is 22.3. The second-order valence-corrected chi connectivity index (χ2v) is 9.64. The number of aliphatic hydroxyl groups excluding tert-OH is 1. The molecule has 2 aromatic carbocycles. The largest absolute Gasteiger partial charge is 0.507 e. The van der Waals surface area contributed by atoms with Gasteiger partial charge in [-0.25, -0.2) is 0 Å². The summed E-state index contributed by atoms with van der Waals surface area (Å²) in [5.74, 6) is 0.854. The summed E-state index contributed by atoms with van der Waals surface area (Å²) in [6.07, 6.45) is 1.41. The van der Waals surface area contributed by atoms with E-state index in [0.717, 1.165) is 6.42 Å². The number of fused-ring (bicyclic) bond motifs is 1. The van der Waals surface area contributed by atoms with Gasteiger partial charge in [0.05, 0.1) is 25.3 Å². The molecule has 38 heavy (non-hydrogen) atoms. The van der Waals surface area contributed by atoms with Crippen LogP contribution in [0.5, 0.6) is 23.0 Å². The number of methoxy groups -OCH3 is 2. The number of benzene rings is 2. The Morgan fingerprint density at radius 1 is 1.03 bits per heavy atom. The molecule has 1 saturated heterocycles. The van der Waals surface area contributed by atoms with Crippen molar-refractivity contribution in [3.05, 3.63) is 53.1 Å². The standard InChI is InChI=1S/C29H35NO8/c1-18(2)10-13-36-21-8-6-19(16-23(21)35-4)26-25(28(32)29(33)30(26)11-5-12-34-3)27(31)20-7-9-22-24(17-20)38-15-14-37-22/h6-9,16-18,26,31H,5,10-15H2,1-4H3/b27-25+. The minimum atomic E-state index is -0.821. The number of ketones is 1. The highest BCUT2D eigenvalue weighted by molar-refractivity contribution is 6.46. The molecule has 2 aliphatic rings. The van der Waals surface area contributed by atoms with E-state index in [1.807, 2.05) is 0 Å². The molecule has 1 unspecified atom stereocenters. The molecule has 2 aliphatic heterocycles. The van der Waals surface area contributed by atoms with Crippen molar-refractivity contribution in [1.29, 1.82) is 0 Å². The minimum Gasteiger partial charge on any atom is -0.507 e. The predicted molar refractivity (Wildman–Crippen MR) is 141 cm³/mol. The molecule has 0 saturated carbocycles. The number of amides is 1. The maximum absolute atomic E-state index is 13.3. The third-order valence-corrected chi connectivity index (χ3v) is 6.56. The highest BCUT2D eigenvalue weighted by Gasteiger charge is 2.46. The third kappa shape index (κ3) is 5.72. The lowest BCUT2D eigenvalue weighted by atomic mass is 9.94. The van der Waals surface area contributed by atoms with Crippen molar-refractivity contribution in [1.82, 2.24) is 4.90 Å². The molecule has 9 heteroatoms. The van der Waals surface area contributed by atoms with E-state index >= 15 is 0 Å². The first-order valence-corrected chi connectivity index (χ1v) is 12.8. The second kappa shape index (κ2) is 12.2. The topological polar surface area (TPSA) is 104 Å². The van der Waals surface area contributed by atoms with Crippen LogP contribution in [0.25, 0.3) is 5.76 Å². The Balaban J connectivity index is 1.76. The van der Waals surface area contributed by atoms with Crippen LogP contribution in [0.4, 0.5) is 0 Å².